The van der Waals surface area contributed by atoms with Crippen molar-refractivity contribution in [2.45, 2.75) is 12.8 Å². The number of nitrogens with zero attached hydrogens (tertiary/aromatic N) is 8. The average Bonchev–Trinajstić information content (AvgIpc) is 3.71. The van der Waals surface area contributed by atoms with Crippen LogP contribution in [0.5, 0.6) is 11.5 Å². The number of imidazole rings is 2. The first-order valence-electron chi connectivity index (χ1n) is 17.8. The van der Waals surface area contributed by atoms with Crippen LogP contribution in [-0.4, -0.2) is 54.8 Å². The van der Waals surface area contributed by atoms with Crippen molar-refractivity contribution in [3.63, 3.8) is 0 Å². The van der Waals surface area contributed by atoms with Crippen molar-refractivity contribution in [1.82, 2.24) is 19.1 Å². The first-order valence-corrected chi connectivity index (χ1v) is 17.8. The molecule has 2 aromatic heterocycles. The van der Waals surface area contributed by atoms with Gasteiger partial charge in [-0.3, -0.25) is 9.98 Å². The van der Waals surface area contributed by atoms with Crippen molar-refractivity contribution in [2.75, 3.05) is 13.1 Å². The summed E-state index contributed by atoms with van der Waals surface area (Å²) in [7, 11) is 4.05. The van der Waals surface area contributed by atoms with E-state index in [1.807, 2.05) is 111 Å². The molecular weight excluding hydrogens is 872 g/mol. The Morgan fingerprint density at radius 1 is 0.533 bits per heavy atom. The zero-order valence-corrected chi connectivity index (χ0v) is 33.9. The molecule has 0 aliphatic heterocycles. The fourth-order valence-corrected chi connectivity index (χ4v) is 6.30. The van der Waals surface area contributed by atoms with Crippen molar-refractivity contribution >= 4 is 56.0 Å². The van der Waals surface area contributed by atoms with Gasteiger partial charge in [0.15, 0.2) is 0 Å². The molecule has 60 heavy (non-hydrogen) atoms. The molecule has 0 saturated carbocycles. The van der Waals surface area contributed by atoms with Crippen molar-refractivity contribution in [2.24, 2.45) is 24.1 Å². The Hall–Kier alpha value is -6.84. The second kappa shape index (κ2) is 22.9. The molecule has 0 amide bonds. The van der Waals surface area contributed by atoms with Gasteiger partial charge in [0.2, 0.25) is 0 Å². The van der Waals surface area contributed by atoms with E-state index in [9.17, 15) is 10.2 Å². The topological polar surface area (TPSA) is 239 Å². The summed E-state index contributed by atoms with van der Waals surface area (Å²) in [5.74, 6) is 2.01. The SMILES string of the molecule is Cn1c(CCN=Cc2c([O-])ccc3ccccc23)nc2ccccc21.Cn1c(CCN=Cc2c([O-])ccc3ccccc23)nc2ccccc21.O=[N+]([O-])[O-].O=[N+]([O-])[O-].[Cu+2].[Cu+2]. The van der Waals surface area contributed by atoms with Gasteiger partial charge in [-0.1, -0.05) is 109 Å². The van der Waals surface area contributed by atoms with E-state index >= 15 is 0 Å². The molecule has 2 radical (unpaired) electrons. The number of fused-ring (bicyclic) bond motifs is 4. The van der Waals surface area contributed by atoms with Crippen molar-refractivity contribution in [1.29, 1.82) is 0 Å². The number of benzene rings is 6. The molecule has 314 valence electrons. The van der Waals surface area contributed by atoms with Crippen LogP contribution in [0.3, 0.4) is 0 Å². The van der Waals surface area contributed by atoms with Crippen molar-refractivity contribution in [3.8, 4) is 11.5 Å². The maximum atomic E-state index is 12.2. The van der Waals surface area contributed by atoms with Crippen LogP contribution >= 0.6 is 0 Å². The molecule has 16 nitrogen and oxygen atoms in total. The van der Waals surface area contributed by atoms with E-state index in [-0.39, 0.29) is 45.6 Å². The van der Waals surface area contributed by atoms with Gasteiger partial charge in [0.1, 0.15) is 11.6 Å². The third-order valence-corrected chi connectivity index (χ3v) is 8.99. The quantitative estimate of drug-likeness (QED) is 0.0700. The van der Waals surface area contributed by atoms with Gasteiger partial charge in [-0.05, 0) is 56.9 Å². The van der Waals surface area contributed by atoms with Gasteiger partial charge in [0.25, 0.3) is 0 Å². The Labute approximate surface area is 364 Å². The van der Waals surface area contributed by atoms with E-state index in [4.69, 9.17) is 30.6 Å². The molecule has 0 atom stereocenters. The van der Waals surface area contributed by atoms with Crippen LogP contribution in [0.25, 0.3) is 43.6 Å². The minimum atomic E-state index is -1.75. The van der Waals surface area contributed by atoms with E-state index in [0.717, 1.165) is 68.1 Å². The van der Waals surface area contributed by atoms with E-state index in [1.54, 1.807) is 24.6 Å². The number of aryl methyl sites for hydroxylation is 2. The van der Waals surface area contributed by atoms with Gasteiger partial charge < -0.3 is 50.0 Å². The molecule has 0 N–H and O–H groups in total. The van der Waals surface area contributed by atoms with Gasteiger partial charge in [0.05, 0.1) is 32.2 Å². The number of hydrogen-bond donors (Lipinski definition) is 0. The molecule has 0 spiro atoms. The van der Waals surface area contributed by atoms with Crippen LogP contribution in [0.4, 0.5) is 0 Å². The third-order valence-electron chi connectivity index (χ3n) is 8.99. The number of aromatic nitrogens is 4. The zero-order chi connectivity index (χ0) is 41.6. The minimum Gasteiger partial charge on any atom is -0.872 e. The Morgan fingerprint density at radius 3 is 1.23 bits per heavy atom. The van der Waals surface area contributed by atoms with Gasteiger partial charge >= 0.3 is 34.1 Å². The van der Waals surface area contributed by atoms with Crippen molar-refractivity contribution < 1.29 is 54.5 Å². The Morgan fingerprint density at radius 2 is 0.867 bits per heavy atom. The molecule has 0 bridgehead atoms. The summed E-state index contributed by atoms with van der Waals surface area (Å²) < 4.78 is 4.20. The van der Waals surface area contributed by atoms with Gasteiger partial charge in [-0.2, -0.15) is 0 Å². The molecule has 0 aliphatic carbocycles. The minimum absolute atomic E-state index is 0. The van der Waals surface area contributed by atoms with Gasteiger partial charge in [0, 0.05) is 52.5 Å². The average molecular weight is 908 g/mol. The molecule has 8 rings (SSSR count). The van der Waals surface area contributed by atoms with E-state index in [0.29, 0.717) is 24.2 Å². The smallest absolute Gasteiger partial charge is 0.872 e. The zero-order valence-electron chi connectivity index (χ0n) is 32.0. The molecule has 6 aromatic carbocycles. The Bertz CT molecular complexity index is 2560. The molecule has 0 unspecified atom stereocenters. The fraction of sp³-hybridized carbons (Fsp3) is 0.143. The number of rotatable bonds is 8. The summed E-state index contributed by atoms with van der Waals surface area (Å²) in [5, 5.41) is 57.8. The molecule has 18 heteroatoms. The molecular formula is C42H36Cu2N8O8. The molecule has 8 aromatic rings. The van der Waals surface area contributed by atoms with Crippen molar-refractivity contribution in [3.05, 3.63) is 175 Å². The van der Waals surface area contributed by atoms with E-state index < -0.39 is 10.2 Å². The normalized spacial score (nSPS) is 10.6. The first-order chi connectivity index (χ1) is 27.9. The van der Waals surface area contributed by atoms with Gasteiger partial charge in [-0.25, -0.2) is 9.97 Å². The summed E-state index contributed by atoms with van der Waals surface area (Å²) in [6.07, 6.45) is 4.88. The third kappa shape index (κ3) is 12.6. The second-order valence-corrected chi connectivity index (χ2v) is 12.6. The fourth-order valence-electron chi connectivity index (χ4n) is 6.30. The maximum absolute atomic E-state index is 12.2. The summed E-state index contributed by atoms with van der Waals surface area (Å²) >= 11 is 0. The number of aliphatic imine (C=N–C) groups is 2. The monoisotopic (exact) mass is 906 g/mol. The van der Waals surface area contributed by atoms with E-state index in [2.05, 4.69) is 41.2 Å². The van der Waals surface area contributed by atoms with Gasteiger partial charge in [-0.15, -0.1) is 0 Å². The Kier molecular flexibility index (Phi) is 18.2. The molecule has 2 heterocycles. The van der Waals surface area contributed by atoms with Crippen LogP contribution in [0.15, 0.2) is 131 Å². The largest absolute Gasteiger partial charge is 2.00 e. The predicted molar refractivity (Wildman–Crippen MR) is 221 cm³/mol. The Balaban J connectivity index is 0.000000265. The maximum Gasteiger partial charge on any atom is 2.00 e. The molecule has 0 saturated heterocycles. The number of para-hydroxylation sites is 4. The first kappa shape index (κ1) is 47.5. The van der Waals surface area contributed by atoms with Crippen LogP contribution in [-0.2, 0) is 61.1 Å². The van der Waals surface area contributed by atoms with E-state index in [1.165, 1.54) is 0 Å². The standard InChI is InChI=1S/2C21H19N3O.2Cu.2NO3/c2*1-24-19-9-5-4-8-18(19)23-21(24)12-13-22-14-17-16-7-3-2-6-15(16)10-11-20(17)25;;;2*2-1(3)4/h2*2-11,14,25H,12-13H2,1H3;;;;/q;;2*+2;2*-1/p-2. The van der Waals surface area contributed by atoms with Crippen LogP contribution in [0, 0.1) is 30.6 Å². The number of hydrogen-bond acceptors (Lipinski definition) is 12. The summed E-state index contributed by atoms with van der Waals surface area (Å²) in [6, 6.07) is 38.9. The summed E-state index contributed by atoms with van der Waals surface area (Å²) in [4.78, 5) is 34.8. The summed E-state index contributed by atoms with van der Waals surface area (Å²) in [6.45, 7) is 1.19. The van der Waals surface area contributed by atoms with Crippen LogP contribution in [0.1, 0.15) is 22.8 Å². The second-order valence-electron chi connectivity index (χ2n) is 12.6. The summed E-state index contributed by atoms with van der Waals surface area (Å²) in [5.41, 5.74) is 5.56. The predicted octanol–water partition coefficient (Wildman–Crippen LogP) is 6.44. The van der Waals surface area contributed by atoms with Crippen LogP contribution < -0.4 is 10.2 Å². The van der Waals surface area contributed by atoms with Crippen LogP contribution in [0.2, 0.25) is 0 Å². The molecule has 0 aliphatic rings. The molecule has 0 fully saturated rings.